The molecule has 43 heavy (non-hydrogen) atoms. The number of hydrogen-bond acceptors (Lipinski definition) is 12. The van der Waals surface area contributed by atoms with Gasteiger partial charge in [0.1, 0.15) is 27.0 Å². The number of ether oxygens (including phenoxy) is 2. The molecule has 1 fully saturated rings. The van der Waals surface area contributed by atoms with Crippen molar-refractivity contribution in [1.82, 2.24) is 9.47 Å². The summed E-state index contributed by atoms with van der Waals surface area (Å²) < 4.78 is 12.2. The Bertz CT molecular complexity index is 1810. The minimum atomic E-state index is -1.31. The predicted molar refractivity (Wildman–Crippen MR) is 163 cm³/mol. The number of carbonyl (C=O) groups excluding carboxylic acids is 1. The molecule has 0 atom stereocenters. The molecule has 0 radical (unpaired) electrons. The van der Waals surface area contributed by atoms with Crippen LogP contribution in [0.2, 0.25) is 0 Å². The number of thioether (sulfide) groups is 2. The number of fused-ring (bicyclic) bond motifs is 2. The fraction of sp³-hybridized carbons (Fsp3) is 0.308. The summed E-state index contributed by atoms with van der Waals surface area (Å²) in [7, 11) is 0. The molecule has 1 amide bonds. The monoisotopic (exact) mass is 665 g/mol. The van der Waals surface area contributed by atoms with Gasteiger partial charge in [-0.1, -0.05) is 49.6 Å². The molecule has 4 heterocycles. The maximum Gasteiger partial charge on any atom is 0.323 e. The van der Waals surface area contributed by atoms with Crippen molar-refractivity contribution < 1.29 is 44.0 Å². The van der Waals surface area contributed by atoms with E-state index in [1.54, 1.807) is 12.1 Å². The van der Waals surface area contributed by atoms with E-state index in [1.807, 2.05) is 24.8 Å². The lowest BCUT2D eigenvalue weighted by Crippen LogP contribution is -2.36. The van der Waals surface area contributed by atoms with Crippen molar-refractivity contribution in [2.75, 3.05) is 24.8 Å². The highest BCUT2D eigenvalue weighted by Gasteiger charge is 2.36. The molecule has 0 unspecified atom stereocenters. The maximum atomic E-state index is 13.6. The molecule has 3 aliphatic rings. The summed E-state index contributed by atoms with van der Waals surface area (Å²) >= 11 is 8.27. The molecule has 0 aliphatic carbocycles. The van der Waals surface area contributed by atoms with Crippen LogP contribution in [0, 0.1) is 5.92 Å². The molecule has 3 N–H and O–H groups in total. The van der Waals surface area contributed by atoms with Gasteiger partial charge >= 0.3 is 17.9 Å². The first-order valence-corrected chi connectivity index (χ1v) is 15.5. The minimum absolute atomic E-state index is 0.0188. The topological polar surface area (TPSA) is 176 Å². The van der Waals surface area contributed by atoms with Crippen molar-refractivity contribution in [2.45, 2.75) is 31.7 Å². The third-order valence-corrected chi connectivity index (χ3v) is 10.3. The van der Waals surface area contributed by atoms with Crippen molar-refractivity contribution >= 4 is 91.9 Å². The zero-order valence-electron chi connectivity index (χ0n) is 22.5. The zero-order valence-corrected chi connectivity index (χ0v) is 25.8. The lowest BCUT2D eigenvalue weighted by atomic mass is 10.0. The Balaban J connectivity index is 1.70. The number of carboxylic acid groups (broad SMARTS) is 3. The van der Waals surface area contributed by atoms with Crippen LogP contribution in [-0.4, -0.2) is 72.8 Å². The smallest absolute Gasteiger partial charge is 0.323 e. The van der Waals surface area contributed by atoms with E-state index < -0.39 is 42.5 Å². The molecule has 2 aromatic rings. The van der Waals surface area contributed by atoms with Crippen LogP contribution in [0.25, 0.3) is 11.0 Å². The molecular weight excluding hydrogens is 643 g/mol. The predicted octanol–water partition coefficient (Wildman–Crippen LogP) is 1.51. The minimum Gasteiger partial charge on any atom is -0.481 e. The average molecular weight is 666 g/mol. The molecule has 13 nitrogen and oxygen atoms in total. The SMILES string of the molecule is CC(C)C(/C=c1/s/c(=C2\SC(=S)N(CC(=O)O)C2=O)n(CC(=O)O)c1=O)=C1\Sc2cc3c(cc2N1CCC(=O)O)OCO3. The van der Waals surface area contributed by atoms with Gasteiger partial charge in [0.15, 0.2) is 11.5 Å². The number of thiazole rings is 1. The number of aromatic nitrogens is 1. The highest BCUT2D eigenvalue weighted by atomic mass is 32.2. The number of carbonyl (C=O) groups is 4. The lowest BCUT2D eigenvalue weighted by Gasteiger charge is -2.23. The summed E-state index contributed by atoms with van der Waals surface area (Å²) in [5.74, 6) is -3.39. The average Bonchev–Trinajstić information content (AvgIpc) is 3.66. The van der Waals surface area contributed by atoms with Gasteiger partial charge in [-0.15, -0.1) is 11.3 Å². The number of carboxylic acids is 3. The summed E-state index contributed by atoms with van der Waals surface area (Å²) in [5, 5.41) is 28.8. The van der Waals surface area contributed by atoms with Crippen LogP contribution >= 0.6 is 47.1 Å². The van der Waals surface area contributed by atoms with Crippen LogP contribution < -0.4 is 29.1 Å². The van der Waals surface area contributed by atoms with Crippen molar-refractivity contribution in [3.63, 3.8) is 0 Å². The van der Waals surface area contributed by atoms with E-state index in [0.717, 1.165) is 43.1 Å². The zero-order chi connectivity index (χ0) is 31.2. The summed E-state index contributed by atoms with van der Waals surface area (Å²) in [5.41, 5.74) is 0.755. The second kappa shape index (κ2) is 12.1. The van der Waals surface area contributed by atoms with Crippen LogP contribution in [-0.2, 0) is 25.7 Å². The first-order valence-electron chi connectivity index (χ1n) is 12.6. The molecule has 5 rings (SSSR count). The van der Waals surface area contributed by atoms with Gasteiger partial charge in [0, 0.05) is 23.6 Å². The summed E-state index contributed by atoms with van der Waals surface area (Å²) in [6.45, 7) is 2.62. The number of hydrogen-bond donors (Lipinski definition) is 3. The van der Waals surface area contributed by atoms with Crippen LogP contribution in [0.4, 0.5) is 5.69 Å². The summed E-state index contributed by atoms with van der Waals surface area (Å²) in [6, 6.07) is 3.60. The normalized spacial score (nSPS) is 18.6. The number of benzene rings is 1. The second-order valence-electron chi connectivity index (χ2n) is 9.67. The first kappa shape index (κ1) is 30.7. The number of nitrogens with zero attached hydrogens (tertiary/aromatic N) is 3. The number of amides is 1. The van der Waals surface area contributed by atoms with E-state index in [2.05, 4.69) is 0 Å². The van der Waals surface area contributed by atoms with Crippen molar-refractivity contribution in [3.05, 3.63) is 42.3 Å². The lowest BCUT2D eigenvalue weighted by molar-refractivity contribution is -0.140. The van der Waals surface area contributed by atoms with Crippen LogP contribution in [0.1, 0.15) is 20.3 Å². The van der Waals surface area contributed by atoms with Gasteiger partial charge in [0.25, 0.3) is 11.5 Å². The summed E-state index contributed by atoms with van der Waals surface area (Å²) in [6.07, 6.45) is 1.46. The molecule has 226 valence electrons. The highest BCUT2D eigenvalue weighted by molar-refractivity contribution is 8.30. The Kier molecular flexibility index (Phi) is 8.60. The van der Waals surface area contributed by atoms with E-state index in [4.69, 9.17) is 21.7 Å². The molecule has 1 aromatic carbocycles. The van der Waals surface area contributed by atoms with Crippen LogP contribution in [0.3, 0.4) is 0 Å². The molecule has 3 aliphatic heterocycles. The van der Waals surface area contributed by atoms with E-state index in [9.17, 15) is 39.3 Å². The standard InChI is InChI=1S/C26H23N3O10S4/c1-11(2)12(24-27(4-3-18(30)31)13-6-14-15(39-10-38-14)7-16(13)41-24)5-17-22(36)28(8-19(32)33)25(42-17)21-23(37)29(9-20(34)35)26(40)43-21/h5-7,11H,3-4,8-10H2,1-2H3,(H,30,31)(H,32,33)(H,34,35)/b17-5+,24-12-,25-21-. The van der Waals surface area contributed by atoms with Crippen molar-refractivity contribution in [1.29, 1.82) is 0 Å². The van der Waals surface area contributed by atoms with E-state index >= 15 is 0 Å². The third-order valence-electron chi connectivity index (χ3n) is 6.44. The van der Waals surface area contributed by atoms with E-state index in [0.29, 0.717) is 22.1 Å². The van der Waals surface area contributed by atoms with Gasteiger partial charge in [-0.2, -0.15) is 0 Å². The molecule has 0 saturated carbocycles. The molecule has 17 heteroatoms. The van der Waals surface area contributed by atoms with Crippen LogP contribution in [0.15, 0.2) is 32.4 Å². The largest absolute Gasteiger partial charge is 0.481 e. The number of rotatable bonds is 9. The van der Waals surface area contributed by atoms with Gasteiger partial charge in [-0.25, -0.2) is 0 Å². The number of allylic oxidation sites excluding steroid dienone is 1. The van der Waals surface area contributed by atoms with Gasteiger partial charge in [0.2, 0.25) is 6.79 Å². The molecule has 0 spiro atoms. The Labute approximate surface area is 260 Å². The Hall–Kier alpha value is -3.80. The Morgan fingerprint density at radius 2 is 1.67 bits per heavy atom. The second-order valence-corrected chi connectivity index (χ2v) is 13.4. The van der Waals surface area contributed by atoms with E-state index in [-0.39, 0.29) is 44.1 Å². The van der Waals surface area contributed by atoms with Gasteiger partial charge in [-0.3, -0.25) is 33.4 Å². The van der Waals surface area contributed by atoms with E-state index in [1.165, 1.54) is 11.8 Å². The van der Waals surface area contributed by atoms with Gasteiger partial charge in [-0.05, 0) is 17.6 Å². The van der Waals surface area contributed by atoms with Gasteiger partial charge < -0.3 is 29.7 Å². The fourth-order valence-electron chi connectivity index (χ4n) is 4.50. The molecule has 0 bridgehead atoms. The van der Waals surface area contributed by atoms with Gasteiger partial charge in [0.05, 0.1) is 21.7 Å². The quantitative estimate of drug-likeness (QED) is 0.329. The Morgan fingerprint density at radius 1 is 1.00 bits per heavy atom. The maximum absolute atomic E-state index is 13.6. The molecule has 1 saturated heterocycles. The van der Waals surface area contributed by atoms with Crippen LogP contribution in [0.5, 0.6) is 11.5 Å². The highest BCUT2D eigenvalue weighted by Crippen LogP contribution is 2.53. The number of aliphatic carboxylic acids is 3. The Morgan fingerprint density at radius 3 is 2.30 bits per heavy atom. The van der Waals surface area contributed by atoms with Crippen molar-refractivity contribution in [2.24, 2.45) is 5.92 Å². The number of anilines is 1. The molecular formula is C26H23N3O10S4. The molecule has 1 aromatic heterocycles. The number of thiocarbonyl (C=S) groups is 1. The third kappa shape index (κ3) is 6.02. The van der Waals surface area contributed by atoms with Crippen molar-refractivity contribution in [3.8, 4) is 11.5 Å². The summed E-state index contributed by atoms with van der Waals surface area (Å²) in [4.78, 5) is 64.7. The fourth-order valence-corrected chi connectivity index (χ4v) is 8.36. The first-order chi connectivity index (χ1) is 20.3.